The summed E-state index contributed by atoms with van der Waals surface area (Å²) in [6, 6.07) is 6.08. The monoisotopic (exact) mass is 220 g/mol. The van der Waals surface area contributed by atoms with Gasteiger partial charge in [-0.1, -0.05) is 0 Å². The van der Waals surface area contributed by atoms with Gasteiger partial charge in [-0.3, -0.25) is 0 Å². The lowest BCUT2D eigenvalue weighted by Gasteiger charge is -2.06. The molecule has 0 amide bonds. The van der Waals surface area contributed by atoms with Gasteiger partial charge in [0.1, 0.15) is 5.82 Å². The molecule has 1 atom stereocenters. The van der Waals surface area contributed by atoms with Crippen molar-refractivity contribution in [2.75, 3.05) is 0 Å². The fraction of sp³-hybridized carbons (Fsp3) is 0.250. The van der Waals surface area contributed by atoms with Crippen LogP contribution in [0.25, 0.3) is 5.69 Å². The summed E-state index contributed by atoms with van der Waals surface area (Å²) in [5, 5.41) is 13.7. The highest BCUT2D eigenvalue weighted by atomic mass is 19.1. The fourth-order valence-corrected chi connectivity index (χ4v) is 1.68. The number of aliphatic hydroxyl groups is 1. The van der Waals surface area contributed by atoms with Crippen molar-refractivity contribution in [3.63, 3.8) is 0 Å². The van der Waals surface area contributed by atoms with Gasteiger partial charge in [0.15, 0.2) is 0 Å². The van der Waals surface area contributed by atoms with Crippen molar-refractivity contribution in [3.05, 3.63) is 47.5 Å². The van der Waals surface area contributed by atoms with Crippen LogP contribution < -0.4 is 0 Å². The number of benzene rings is 1. The Kier molecular flexibility index (Phi) is 2.75. The van der Waals surface area contributed by atoms with E-state index in [2.05, 4.69) is 5.10 Å². The van der Waals surface area contributed by atoms with Gasteiger partial charge in [0.05, 0.1) is 18.0 Å². The van der Waals surface area contributed by atoms with Gasteiger partial charge in [-0.25, -0.2) is 9.07 Å². The van der Waals surface area contributed by atoms with Gasteiger partial charge in [0, 0.05) is 11.3 Å². The van der Waals surface area contributed by atoms with Crippen LogP contribution in [-0.2, 0) is 0 Å². The zero-order chi connectivity index (χ0) is 11.7. The van der Waals surface area contributed by atoms with Crippen LogP contribution in [0.3, 0.4) is 0 Å². The molecule has 0 aliphatic carbocycles. The second kappa shape index (κ2) is 4.06. The summed E-state index contributed by atoms with van der Waals surface area (Å²) < 4.78 is 14.4. The van der Waals surface area contributed by atoms with E-state index in [1.807, 2.05) is 6.92 Å². The van der Waals surface area contributed by atoms with Crippen LogP contribution in [0.15, 0.2) is 30.5 Å². The van der Waals surface area contributed by atoms with E-state index in [1.54, 1.807) is 29.9 Å². The molecule has 2 rings (SSSR count). The Labute approximate surface area is 93.2 Å². The normalized spacial score (nSPS) is 12.8. The molecule has 0 aliphatic heterocycles. The van der Waals surface area contributed by atoms with Crippen LogP contribution in [0.1, 0.15) is 24.3 Å². The van der Waals surface area contributed by atoms with Gasteiger partial charge in [-0.15, -0.1) is 0 Å². The third-order valence-corrected chi connectivity index (χ3v) is 2.57. The van der Waals surface area contributed by atoms with Crippen LogP contribution in [0.4, 0.5) is 4.39 Å². The SMILES string of the molecule is Cc1c(C(C)O)cnn1-c1ccc(F)cc1. The Morgan fingerprint density at radius 1 is 1.31 bits per heavy atom. The first kappa shape index (κ1) is 10.8. The molecule has 1 aromatic heterocycles. The first-order chi connectivity index (χ1) is 7.59. The zero-order valence-corrected chi connectivity index (χ0v) is 9.18. The van der Waals surface area contributed by atoms with Crippen LogP contribution in [0.5, 0.6) is 0 Å². The minimum absolute atomic E-state index is 0.274. The van der Waals surface area contributed by atoms with Crippen molar-refractivity contribution in [1.82, 2.24) is 9.78 Å². The third kappa shape index (κ3) is 1.84. The van der Waals surface area contributed by atoms with Crippen molar-refractivity contribution in [2.24, 2.45) is 0 Å². The molecule has 0 fully saturated rings. The van der Waals surface area contributed by atoms with Gasteiger partial charge in [0.25, 0.3) is 0 Å². The summed E-state index contributed by atoms with van der Waals surface area (Å²) >= 11 is 0. The lowest BCUT2D eigenvalue weighted by Crippen LogP contribution is -2.00. The van der Waals surface area contributed by atoms with E-state index in [1.165, 1.54) is 12.1 Å². The molecular weight excluding hydrogens is 207 g/mol. The topological polar surface area (TPSA) is 38.1 Å². The molecule has 1 heterocycles. The van der Waals surface area contributed by atoms with Gasteiger partial charge >= 0.3 is 0 Å². The molecule has 16 heavy (non-hydrogen) atoms. The van der Waals surface area contributed by atoms with Crippen LogP contribution in [-0.4, -0.2) is 14.9 Å². The molecule has 1 unspecified atom stereocenters. The number of hydrogen-bond donors (Lipinski definition) is 1. The van der Waals surface area contributed by atoms with E-state index < -0.39 is 6.10 Å². The Balaban J connectivity index is 2.45. The summed E-state index contributed by atoms with van der Waals surface area (Å²) in [5.74, 6) is -0.274. The maximum Gasteiger partial charge on any atom is 0.123 e. The highest BCUT2D eigenvalue weighted by molar-refractivity contribution is 5.35. The lowest BCUT2D eigenvalue weighted by molar-refractivity contribution is 0.198. The maximum atomic E-state index is 12.8. The first-order valence-electron chi connectivity index (χ1n) is 5.08. The van der Waals surface area contributed by atoms with Crippen LogP contribution in [0, 0.1) is 12.7 Å². The largest absolute Gasteiger partial charge is 0.389 e. The van der Waals surface area contributed by atoms with Crippen molar-refractivity contribution in [1.29, 1.82) is 0 Å². The molecule has 1 N–H and O–H groups in total. The van der Waals surface area contributed by atoms with Gasteiger partial charge in [0.2, 0.25) is 0 Å². The Morgan fingerprint density at radius 2 is 1.94 bits per heavy atom. The number of rotatable bonds is 2. The molecule has 3 nitrogen and oxygen atoms in total. The smallest absolute Gasteiger partial charge is 0.123 e. The van der Waals surface area contributed by atoms with E-state index in [4.69, 9.17) is 0 Å². The first-order valence-corrected chi connectivity index (χ1v) is 5.08. The molecule has 4 heteroatoms. The van der Waals surface area contributed by atoms with Gasteiger partial charge in [-0.2, -0.15) is 5.10 Å². The van der Waals surface area contributed by atoms with E-state index in [9.17, 15) is 9.50 Å². The van der Waals surface area contributed by atoms with E-state index in [0.717, 1.165) is 16.9 Å². The standard InChI is InChI=1S/C12H13FN2O/c1-8-12(9(2)16)7-14-15(8)11-5-3-10(13)4-6-11/h3-7,9,16H,1-2H3. The summed E-state index contributed by atoms with van der Waals surface area (Å²) in [6.07, 6.45) is 1.08. The Bertz CT molecular complexity index is 488. The minimum Gasteiger partial charge on any atom is -0.389 e. The highest BCUT2D eigenvalue weighted by Crippen LogP contribution is 2.19. The van der Waals surface area contributed by atoms with Crippen LogP contribution >= 0.6 is 0 Å². The third-order valence-electron chi connectivity index (χ3n) is 2.57. The molecule has 0 radical (unpaired) electrons. The molecular formula is C12H13FN2O. The van der Waals surface area contributed by atoms with E-state index in [-0.39, 0.29) is 5.82 Å². The Morgan fingerprint density at radius 3 is 2.44 bits per heavy atom. The maximum absolute atomic E-state index is 12.8. The van der Waals surface area contributed by atoms with Gasteiger partial charge < -0.3 is 5.11 Å². The molecule has 2 aromatic rings. The molecule has 0 spiro atoms. The number of nitrogens with zero attached hydrogens (tertiary/aromatic N) is 2. The molecule has 0 bridgehead atoms. The minimum atomic E-state index is -0.547. The molecule has 84 valence electrons. The van der Waals surface area contributed by atoms with Crippen molar-refractivity contribution in [3.8, 4) is 5.69 Å². The average molecular weight is 220 g/mol. The van der Waals surface area contributed by atoms with Crippen molar-refractivity contribution < 1.29 is 9.50 Å². The van der Waals surface area contributed by atoms with Gasteiger partial charge in [-0.05, 0) is 38.1 Å². The molecule has 0 aliphatic rings. The highest BCUT2D eigenvalue weighted by Gasteiger charge is 2.11. The lowest BCUT2D eigenvalue weighted by atomic mass is 10.2. The molecule has 0 saturated heterocycles. The molecule has 1 aromatic carbocycles. The Hall–Kier alpha value is -1.68. The van der Waals surface area contributed by atoms with E-state index >= 15 is 0 Å². The number of aliphatic hydroxyl groups excluding tert-OH is 1. The number of hydrogen-bond acceptors (Lipinski definition) is 2. The van der Waals surface area contributed by atoms with E-state index in [0.29, 0.717) is 0 Å². The number of halogens is 1. The quantitative estimate of drug-likeness (QED) is 0.843. The second-order valence-electron chi connectivity index (χ2n) is 3.75. The van der Waals surface area contributed by atoms with Crippen molar-refractivity contribution >= 4 is 0 Å². The summed E-state index contributed by atoms with van der Waals surface area (Å²) in [4.78, 5) is 0. The van der Waals surface area contributed by atoms with Crippen LogP contribution in [0.2, 0.25) is 0 Å². The summed E-state index contributed by atoms with van der Waals surface area (Å²) in [6.45, 7) is 3.57. The average Bonchev–Trinajstić information content (AvgIpc) is 2.61. The summed E-state index contributed by atoms with van der Waals surface area (Å²) in [5.41, 5.74) is 2.43. The predicted octanol–water partition coefficient (Wildman–Crippen LogP) is 2.37. The summed E-state index contributed by atoms with van der Waals surface area (Å²) in [7, 11) is 0. The second-order valence-corrected chi connectivity index (χ2v) is 3.75. The number of aromatic nitrogens is 2. The fourth-order valence-electron chi connectivity index (χ4n) is 1.68. The molecule has 0 saturated carbocycles. The predicted molar refractivity (Wildman–Crippen MR) is 58.9 cm³/mol. The zero-order valence-electron chi connectivity index (χ0n) is 9.18. The van der Waals surface area contributed by atoms with Crippen molar-refractivity contribution in [2.45, 2.75) is 20.0 Å².